The average Bonchev–Trinajstić information content (AvgIpc) is 3.28. The van der Waals surface area contributed by atoms with Gasteiger partial charge in [-0.3, -0.25) is 0 Å². The monoisotopic (exact) mass is 482 g/mol. The molecule has 1 aliphatic rings. The van der Waals surface area contributed by atoms with Crippen LogP contribution in [0.3, 0.4) is 0 Å². The molecule has 4 nitrogen and oxygen atoms in total. The number of nitrogens with zero attached hydrogens (tertiary/aromatic N) is 4. The van der Waals surface area contributed by atoms with Crippen molar-refractivity contribution in [3.8, 4) is 11.1 Å². The summed E-state index contributed by atoms with van der Waals surface area (Å²) in [7, 11) is 0. The molecule has 0 atom stereocenters. The predicted octanol–water partition coefficient (Wildman–Crippen LogP) is 6.83. The Morgan fingerprint density at radius 3 is 2.29 bits per heavy atom. The fourth-order valence-corrected chi connectivity index (χ4v) is 5.33. The molecule has 0 amide bonds. The van der Waals surface area contributed by atoms with E-state index < -0.39 is 11.7 Å². The van der Waals surface area contributed by atoms with E-state index in [0.717, 1.165) is 33.2 Å². The van der Waals surface area contributed by atoms with Crippen LogP contribution in [0.4, 0.5) is 24.7 Å². The van der Waals surface area contributed by atoms with E-state index in [9.17, 15) is 13.2 Å². The fraction of sp³-hybridized carbons (Fsp3) is 0.308. The molecular formula is C26H25F3N4S. The van der Waals surface area contributed by atoms with Crippen LogP contribution in [-0.4, -0.2) is 36.1 Å². The van der Waals surface area contributed by atoms with E-state index >= 15 is 0 Å². The number of benzene rings is 2. The van der Waals surface area contributed by atoms with E-state index in [0.29, 0.717) is 37.8 Å². The van der Waals surface area contributed by atoms with Crippen LogP contribution in [0.2, 0.25) is 0 Å². The van der Waals surface area contributed by atoms with E-state index in [2.05, 4.69) is 58.4 Å². The van der Waals surface area contributed by atoms with Gasteiger partial charge in [0.2, 0.25) is 0 Å². The third-order valence-electron chi connectivity index (χ3n) is 6.36. The van der Waals surface area contributed by atoms with Gasteiger partial charge in [0.25, 0.3) is 0 Å². The molecule has 2 aromatic carbocycles. The second-order valence-electron chi connectivity index (χ2n) is 8.83. The van der Waals surface area contributed by atoms with Crippen molar-refractivity contribution in [3.05, 3.63) is 71.4 Å². The van der Waals surface area contributed by atoms with Gasteiger partial charge in [0.15, 0.2) is 0 Å². The van der Waals surface area contributed by atoms with Gasteiger partial charge in [-0.15, -0.1) is 11.3 Å². The van der Waals surface area contributed by atoms with Crippen LogP contribution in [0.25, 0.3) is 21.3 Å². The summed E-state index contributed by atoms with van der Waals surface area (Å²) in [5.41, 5.74) is 3.53. The molecule has 34 heavy (non-hydrogen) atoms. The summed E-state index contributed by atoms with van der Waals surface area (Å²) in [6, 6.07) is 14.2. The van der Waals surface area contributed by atoms with Gasteiger partial charge >= 0.3 is 6.18 Å². The Balaban J connectivity index is 1.40. The third kappa shape index (κ3) is 4.34. The van der Waals surface area contributed by atoms with Crippen molar-refractivity contribution in [2.24, 2.45) is 0 Å². The number of fused-ring (bicyclic) bond motifs is 1. The molecule has 0 radical (unpaired) electrons. The van der Waals surface area contributed by atoms with E-state index in [4.69, 9.17) is 0 Å². The molecule has 1 saturated heterocycles. The quantitative estimate of drug-likeness (QED) is 0.319. The Morgan fingerprint density at radius 2 is 1.62 bits per heavy atom. The first-order chi connectivity index (χ1) is 16.3. The van der Waals surface area contributed by atoms with Gasteiger partial charge in [-0.2, -0.15) is 13.2 Å². The molecule has 2 aromatic heterocycles. The lowest BCUT2D eigenvalue weighted by atomic mass is 9.99. The molecule has 0 N–H and O–H groups in total. The molecule has 0 aliphatic carbocycles. The topological polar surface area (TPSA) is 32.3 Å². The van der Waals surface area contributed by atoms with E-state index in [1.807, 2.05) is 4.90 Å². The molecule has 5 rings (SSSR count). The molecular weight excluding hydrogens is 457 g/mol. The minimum atomic E-state index is -4.34. The van der Waals surface area contributed by atoms with Crippen molar-refractivity contribution in [2.45, 2.75) is 25.9 Å². The highest BCUT2D eigenvalue weighted by Crippen LogP contribution is 2.39. The molecule has 176 valence electrons. The minimum absolute atomic E-state index is 0.472. The van der Waals surface area contributed by atoms with Crippen molar-refractivity contribution < 1.29 is 13.2 Å². The lowest BCUT2D eigenvalue weighted by molar-refractivity contribution is -0.137. The number of halogens is 3. The smallest absolute Gasteiger partial charge is 0.368 e. The number of aromatic nitrogens is 2. The van der Waals surface area contributed by atoms with Crippen molar-refractivity contribution in [2.75, 3.05) is 36.0 Å². The van der Waals surface area contributed by atoms with Crippen LogP contribution in [0.15, 0.2) is 60.2 Å². The Hall–Kier alpha value is -3.13. The lowest BCUT2D eigenvalue weighted by Gasteiger charge is -2.37. The molecule has 0 unspecified atom stereocenters. The summed E-state index contributed by atoms with van der Waals surface area (Å²) in [5, 5.41) is 3.17. The van der Waals surface area contributed by atoms with Gasteiger partial charge in [-0.25, -0.2) is 9.97 Å². The summed E-state index contributed by atoms with van der Waals surface area (Å²) >= 11 is 1.60. The van der Waals surface area contributed by atoms with Crippen LogP contribution in [0, 0.1) is 0 Å². The fourth-order valence-electron chi connectivity index (χ4n) is 4.41. The summed E-state index contributed by atoms with van der Waals surface area (Å²) in [6.07, 6.45) is -2.74. The summed E-state index contributed by atoms with van der Waals surface area (Å²) in [6.45, 7) is 6.94. The summed E-state index contributed by atoms with van der Waals surface area (Å²) in [4.78, 5) is 14.3. The van der Waals surface area contributed by atoms with Gasteiger partial charge in [0.05, 0.1) is 10.9 Å². The number of piperazine rings is 1. The minimum Gasteiger partial charge on any atom is -0.368 e. The highest BCUT2D eigenvalue weighted by molar-refractivity contribution is 7.17. The number of thiophene rings is 1. The van der Waals surface area contributed by atoms with Crippen LogP contribution in [0.1, 0.15) is 30.9 Å². The predicted molar refractivity (Wildman–Crippen MR) is 133 cm³/mol. The molecule has 8 heteroatoms. The highest BCUT2D eigenvalue weighted by atomic mass is 32.1. The maximum Gasteiger partial charge on any atom is 0.416 e. The molecule has 1 aliphatic heterocycles. The first-order valence-electron chi connectivity index (χ1n) is 11.3. The molecule has 4 aromatic rings. The second-order valence-corrected chi connectivity index (χ2v) is 9.68. The van der Waals surface area contributed by atoms with Gasteiger partial charge in [-0.05, 0) is 35.2 Å². The van der Waals surface area contributed by atoms with Crippen LogP contribution < -0.4 is 9.80 Å². The van der Waals surface area contributed by atoms with E-state index in [1.54, 1.807) is 23.7 Å². The zero-order valence-corrected chi connectivity index (χ0v) is 19.8. The SMILES string of the molecule is CC(C)c1ccc(-c2csc3ncnc(N4CCN(c5cccc(C(F)(F)F)c5)CC4)c23)cc1. The van der Waals surface area contributed by atoms with Crippen LogP contribution in [-0.2, 0) is 6.18 Å². The Labute approximate surface area is 200 Å². The maximum absolute atomic E-state index is 13.1. The summed E-state index contributed by atoms with van der Waals surface area (Å²) < 4.78 is 39.4. The standard InChI is InChI=1S/C26H25F3N4S/c1-17(2)18-6-8-19(9-7-18)22-15-34-25-23(22)24(30-16-31-25)33-12-10-32(11-13-33)21-5-3-4-20(14-21)26(27,28)29/h3-9,14-17H,10-13H2,1-2H3. The zero-order valence-electron chi connectivity index (χ0n) is 19.0. The zero-order chi connectivity index (χ0) is 23.9. The Kier molecular flexibility index (Phi) is 5.93. The number of rotatable bonds is 4. The largest absolute Gasteiger partial charge is 0.416 e. The molecule has 1 fully saturated rings. The molecule has 3 heterocycles. The number of anilines is 2. The average molecular weight is 483 g/mol. The molecule has 0 saturated carbocycles. The van der Waals surface area contributed by atoms with Crippen LogP contribution in [0.5, 0.6) is 0 Å². The number of hydrogen-bond donors (Lipinski definition) is 0. The maximum atomic E-state index is 13.1. The van der Waals surface area contributed by atoms with Crippen molar-refractivity contribution >= 4 is 33.1 Å². The number of hydrogen-bond acceptors (Lipinski definition) is 5. The van der Waals surface area contributed by atoms with E-state index in [1.165, 1.54) is 17.7 Å². The van der Waals surface area contributed by atoms with Gasteiger partial charge in [0, 0.05) is 42.8 Å². The van der Waals surface area contributed by atoms with E-state index in [-0.39, 0.29) is 0 Å². The van der Waals surface area contributed by atoms with Gasteiger partial charge < -0.3 is 9.80 Å². The highest BCUT2D eigenvalue weighted by Gasteiger charge is 2.31. The lowest BCUT2D eigenvalue weighted by Crippen LogP contribution is -2.47. The molecule has 0 bridgehead atoms. The van der Waals surface area contributed by atoms with Gasteiger partial charge in [-0.1, -0.05) is 44.2 Å². The first kappa shape index (κ1) is 22.7. The number of alkyl halides is 3. The van der Waals surface area contributed by atoms with Gasteiger partial charge in [0.1, 0.15) is 17.0 Å². The third-order valence-corrected chi connectivity index (χ3v) is 7.24. The normalized spacial score (nSPS) is 14.9. The first-order valence-corrected chi connectivity index (χ1v) is 12.2. The van der Waals surface area contributed by atoms with Crippen molar-refractivity contribution in [3.63, 3.8) is 0 Å². The van der Waals surface area contributed by atoms with Crippen LogP contribution >= 0.6 is 11.3 Å². The molecule has 0 spiro atoms. The van der Waals surface area contributed by atoms with Crippen molar-refractivity contribution in [1.29, 1.82) is 0 Å². The van der Waals surface area contributed by atoms with Crippen molar-refractivity contribution in [1.82, 2.24) is 9.97 Å². The summed E-state index contributed by atoms with van der Waals surface area (Å²) in [5.74, 6) is 1.36. The second kappa shape index (κ2) is 8.91. The Morgan fingerprint density at radius 1 is 0.912 bits per heavy atom. The Bertz CT molecular complexity index is 1290.